The quantitative estimate of drug-likeness (QED) is 0.433. The van der Waals surface area contributed by atoms with Crippen LogP contribution in [0.4, 0.5) is 0 Å². The van der Waals surface area contributed by atoms with Gasteiger partial charge in [0.2, 0.25) is 0 Å². The van der Waals surface area contributed by atoms with E-state index in [1.165, 1.54) is 25.0 Å². The van der Waals surface area contributed by atoms with Crippen LogP contribution in [0.15, 0.2) is 0 Å². The number of unbranched alkanes of at least 4 members (excludes halogenated alkanes) is 1. The van der Waals surface area contributed by atoms with Crippen molar-refractivity contribution in [3.05, 3.63) is 0 Å². The summed E-state index contributed by atoms with van der Waals surface area (Å²) in [6, 6.07) is 0. The summed E-state index contributed by atoms with van der Waals surface area (Å²) in [4.78, 5) is 0. The topological polar surface area (TPSA) is 0 Å². The highest BCUT2D eigenvalue weighted by Crippen LogP contribution is 2.19. The third-order valence-electron chi connectivity index (χ3n) is 1.21. The van der Waals surface area contributed by atoms with E-state index < -0.39 is 0 Å². The molecule has 1 atom stereocenters. The summed E-state index contributed by atoms with van der Waals surface area (Å²) < 4.78 is 7.65. The fourth-order valence-electron chi connectivity index (χ4n) is 0.598. The van der Waals surface area contributed by atoms with Crippen molar-refractivity contribution >= 4 is 20.3 Å². The third kappa shape index (κ3) is 13.7. The molecular weight excluding hydrogens is 171 g/mol. The van der Waals surface area contributed by atoms with Crippen LogP contribution in [0.1, 0.15) is 40.5 Å². The fourth-order valence-corrected chi connectivity index (χ4v) is 2.96. The molecule has 0 radical (unpaired) electrons. The molecule has 0 aromatic heterocycles. The van der Waals surface area contributed by atoms with Crippen molar-refractivity contribution in [3.8, 4) is 0 Å². The van der Waals surface area contributed by atoms with Gasteiger partial charge in [0.1, 0.15) is 0 Å². The Morgan fingerprint density at radius 2 is 2.09 bits per heavy atom. The molecule has 0 aliphatic carbocycles. The van der Waals surface area contributed by atoms with Gasteiger partial charge in [0, 0.05) is 5.49 Å². The minimum absolute atomic E-state index is 0. The van der Waals surface area contributed by atoms with Crippen molar-refractivity contribution < 1.29 is 0 Å². The predicted octanol–water partition coefficient (Wildman–Crippen LogP) is 4.20. The highest BCUT2D eigenvalue weighted by Gasteiger charge is 1.87. The number of thioether (sulfide) groups is 1. The Kier molecular flexibility index (Phi) is 14.3. The van der Waals surface area contributed by atoms with E-state index in [0.29, 0.717) is 0 Å². The monoisotopic (exact) mass is 195 g/mol. The zero-order chi connectivity index (χ0) is 8.53. The lowest BCUT2D eigenvalue weighted by molar-refractivity contribution is 0.897. The first kappa shape index (κ1) is 11.8. The van der Waals surface area contributed by atoms with Gasteiger partial charge in [0.15, 0.2) is 0 Å². The van der Waals surface area contributed by atoms with Crippen LogP contribution in [0, 0.1) is 0 Å². The van der Waals surface area contributed by atoms with E-state index in [1.807, 2.05) is 11.8 Å². The molecule has 70 valence electrons. The summed E-state index contributed by atoms with van der Waals surface area (Å²) in [5.41, 5.74) is 1.10. The van der Waals surface area contributed by atoms with Crippen molar-refractivity contribution in [2.24, 2.45) is 0 Å². The lowest BCUT2D eigenvalue weighted by atomic mass is 10.4. The second-order valence-corrected chi connectivity index (χ2v) is 5.08. The molecule has 0 saturated carbocycles. The van der Waals surface area contributed by atoms with Crippen molar-refractivity contribution in [2.45, 2.75) is 40.5 Å². The van der Waals surface area contributed by atoms with E-state index in [-0.39, 0.29) is 16.0 Å². The predicted molar refractivity (Wildman–Crippen MR) is 62.4 cm³/mol. The molecule has 0 aliphatic heterocycles. The van der Waals surface area contributed by atoms with E-state index in [9.17, 15) is 0 Å². The molecule has 0 aliphatic rings. The molecule has 2 heteroatoms. The molecule has 0 nitrogen and oxygen atoms in total. The maximum atomic E-state index is 7.65. The van der Waals surface area contributed by atoms with Crippen molar-refractivity contribution in [2.75, 3.05) is 17.4 Å². The van der Waals surface area contributed by atoms with E-state index in [2.05, 4.69) is 13.8 Å². The minimum Gasteiger partial charge on any atom is -0.158 e. The first-order chi connectivity index (χ1) is 5.31. The molecule has 0 amide bonds. The molecule has 0 bridgehead atoms. The zero-order valence-electron chi connectivity index (χ0n) is 8.10. The number of rotatable bonds is 7. The third-order valence-corrected chi connectivity index (χ3v) is 4.01. The average Bonchev–Trinajstić information content (AvgIpc) is 1.99. The first-order valence-electron chi connectivity index (χ1n) is 4.57. The van der Waals surface area contributed by atoms with Gasteiger partial charge in [-0.2, -0.15) is 11.8 Å². The highest BCUT2D eigenvalue weighted by atomic mass is 32.2. The largest absolute Gasteiger partial charge is 0.158 e. The lowest BCUT2D eigenvalue weighted by Gasteiger charge is -1.98. The molecule has 0 rings (SSSR count). The van der Waals surface area contributed by atoms with Crippen LogP contribution < -0.4 is 0 Å². The molecule has 0 fully saturated rings. The fraction of sp³-hybridized carbons (Fsp3) is 1.00. The van der Waals surface area contributed by atoms with Gasteiger partial charge in [-0.25, -0.2) is 0 Å². The second kappa shape index (κ2) is 13.4. The molecule has 0 saturated heterocycles. The molecule has 1 unspecified atom stereocenters. The van der Waals surface area contributed by atoms with Crippen LogP contribution in [0.25, 0.3) is 0 Å². The van der Waals surface area contributed by atoms with Crippen LogP contribution in [0.2, 0.25) is 0 Å². The van der Waals surface area contributed by atoms with Crippen LogP contribution in [-0.4, -0.2) is 18.7 Å². The Hall–Kier alpha value is 0.780. The normalized spacial score (nSPS) is 13.5. The number of hydrogen-bond donors (Lipinski definition) is 0. The molecular formula is C9H23PS. The number of hydrogen-bond acceptors (Lipinski definition) is 1. The van der Waals surface area contributed by atoms with Gasteiger partial charge in [0.25, 0.3) is 0 Å². The second-order valence-electron chi connectivity index (χ2n) is 2.34. The van der Waals surface area contributed by atoms with Crippen molar-refractivity contribution in [3.63, 3.8) is 0 Å². The Morgan fingerprint density at radius 1 is 1.36 bits per heavy atom. The van der Waals surface area contributed by atoms with Gasteiger partial charge in [-0.1, -0.05) is 34.1 Å². The summed E-state index contributed by atoms with van der Waals surface area (Å²) in [6.07, 6.45) is 4.93. The van der Waals surface area contributed by atoms with Gasteiger partial charge >= 0.3 is 0 Å². The smallest absolute Gasteiger partial charge is 0.0588 e. The molecule has 0 heterocycles. The Morgan fingerprint density at radius 3 is 2.64 bits per heavy atom. The first-order valence-corrected chi connectivity index (χ1v) is 6.54. The Bertz CT molecular complexity index is 80.9. The average molecular weight is 195 g/mol. The zero-order valence-corrected chi connectivity index (χ0v) is 8.81. The molecule has 0 N–H and O–H groups in total. The Balaban J connectivity index is 0. The summed E-state index contributed by atoms with van der Waals surface area (Å²) in [5.74, 6) is 1.26. The van der Waals surface area contributed by atoms with E-state index in [4.69, 9.17) is 1.28 Å². The van der Waals surface area contributed by atoms with E-state index in [0.717, 1.165) is 11.7 Å². The van der Waals surface area contributed by atoms with Crippen LogP contribution in [0.5, 0.6) is 0 Å². The molecule has 0 spiro atoms. The molecule has 0 aromatic rings. The minimum atomic E-state index is -0.384. The maximum Gasteiger partial charge on any atom is 0.0588 e. The lowest BCUT2D eigenvalue weighted by Crippen LogP contribution is -1.78. The van der Waals surface area contributed by atoms with Crippen molar-refractivity contribution in [1.82, 2.24) is 0 Å². The summed E-state index contributed by atoms with van der Waals surface area (Å²) in [5, 5.41) is 0. The SMILES string of the molecule is C.[2H]P(CCC)CSCCCC. The maximum absolute atomic E-state index is 7.65. The van der Waals surface area contributed by atoms with Gasteiger partial charge in [0.05, 0.1) is 1.28 Å². The molecule has 11 heavy (non-hydrogen) atoms. The van der Waals surface area contributed by atoms with Crippen LogP contribution in [-0.2, 0) is 0 Å². The Labute approximate surface area is 80.0 Å². The molecule has 0 aromatic carbocycles. The van der Waals surface area contributed by atoms with E-state index in [1.54, 1.807) is 0 Å². The van der Waals surface area contributed by atoms with Gasteiger partial charge in [-0.3, -0.25) is 0 Å². The van der Waals surface area contributed by atoms with Crippen molar-refractivity contribution in [1.29, 1.82) is 1.28 Å². The van der Waals surface area contributed by atoms with Gasteiger partial charge < -0.3 is 0 Å². The highest BCUT2D eigenvalue weighted by molar-refractivity contribution is 8.03. The van der Waals surface area contributed by atoms with Crippen LogP contribution in [0.3, 0.4) is 0 Å². The van der Waals surface area contributed by atoms with Gasteiger partial charge in [-0.05, 0) is 18.3 Å². The summed E-state index contributed by atoms with van der Waals surface area (Å²) in [7, 11) is -0.384. The summed E-state index contributed by atoms with van der Waals surface area (Å²) in [6.45, 7) is 4.39. The van der Waals surface area contributed by atoms with E-state index >= 15 is 0 Å². The van der Waals surface area contributed by atoms with Crippen LogP contribution >= 0.6 is 20.3 Å². The standard InChI is InChI=1S/C8H19PS.CH4/c1-3-5-7-10-8-9-6-4-2;/h9H,3-8H2,1-2H3;1H4/i9D;. The van der Waals surface area contributed by atoms with Gasteiger partial charge in [-0.15, -0.1) is 8.53 Å². The summed E-state index contributed by atoms with van der Waals surface area (Å²) >= 11 is 1.97.